The first-order chi connectivity index (χ1) is 10.1. The maximum Gasteiger partial charge on any atom is 0.262 e. The topological polar surface area (TPSA) is 85.8 Å². The molecule has 1 aromatic carbocycles. The Morgan fingerprint density at radius 1 is 1.24 bits per heavy atom. The van der Waals surface area contributed by atoms with E-state index < -0.39 is 0 Å². The van der Waals surface area contributed by atoms with Crippen molar-refractivity contribution in [3.8, 4) is 5.82 Å². The van der Waals surface area contributed by atoms with E-state index in [9.17, 15) is 4.79 Å². The predicted octanol–water partition coefficient (Wildman–Crippen LogP) is 2.12. The van der Waals surface area contributed by atoms with Gasteiger partial charge >= 0.3 is 0 Å². The second-order valence-electron chi connectivity index (χ2n) is 4.49. The number of aromatic nitrogens is 4. The van der Waals surface area contributed by atoms with Crippen molar-refractivity contribution in [2.45, 2.75) is 13.8 Å². The summed E-state index contributed by atoms with van der Waals surface area (Å²) in [6.45, 7) is 3.56. The Morgan fingerprint density at radius 3 is 2.67 bits per heavy atom. The number of nitrogens with one attached hydrogen (secondary N) is 1. The number of aryl methyl sites for hydroxylation is 2. The van der Waals surface area contributed by atoms with Crippen LogP contribution in [0.5, 0.6) is 0 Å². The van der Waals surface area contributed by atoms with Crippen molar-refractivity contribution < 1.29 is 9.32 Å². The lowest BCUT2D eigenvalue weighted by Crippen LogP contribution is -2.15. The quantitative estimate of drug-likeness (QED) is 0.795. The zero-order chi connectivity index (χ0) is 14.8. The largest absolute Gasteiger partial charge is 0.362 e. The standard InChI is InChI=1S/C14H13N5O2/c1-9-15-10(2)19(17-9)13-12(8-21-18-13)14(20)16-11-6-4-3-5-7-11/h3-8H,1-2H3,(H,16,20). The minimum absolute atomic E-state index is 0.298. The molecule has 0 aliphatic rings. The van der Waals surface area contributed by atoms with Crippen molar-refractivity contribution >= 4 is 11.6 Å². The normalized spacial score (nSPS) is 10.6. The van der Waals surface area contributed by atoms with Gasteiger partial charge in [-0.15, -0.1) is 5.10 Å². The average molecular weight is 283 g/mol. The Labute approximate surface area is 120 Å². The van der Waals surface area contributed by atoms with E-state index in [-0.39, 0.29) is 5.91 Å². The molecule has 0 aliphatic heterocycles. The molecular weight excluding hydrogens is 270 g/mol. The number of carbonyl (C=O) groups is 1. The highest BCUT2D eigenvalue weighted by Crippen LogP contribution is 2.16. The smallest absolute Gasteiger partial charge is 0.262 e. The van der Waals surface area contributed by atoms with E-state index in [4.69, 9.17) is 4.52 Å². The van der Waals surface area contributed by atoms with E-state index in [1.165, 1.54) is 10.9 Å². The van der Waals surface area contributed by atoms with Gasteiger partial charge < -0.3 is 9.84 Å². The first-order valence-corrected chi connectivity index (χ1v) is 6.36. The predicted molar refractivity (Wildman–Crippen MR) is 75.3 cm³/mol. The first-order valence-electron chi connectivity index (χ1n) is 6.36. The van der Waals surface area contributed by atoms with Gasteiger partial charge in [0, 0.05) is 5.69 Å². The molecule has 0 saturated heterocycles. The van der Waals surface area contributed by atoms with Crippen LogP contribution in [0.3, 0.4) is 0 Å². The Balaban J connectivity index is 1.92. The van der Waals surface area contributed by atoms with Crippen molar-refractivity contribution in [2.75, 3.05) is 5.32 Å². The fourth-order valence-corrected chi connectivity index (χ4v) is 1.98. The second kappa shape index (κ2) is 5.20. The number of anilines is 1. The number of hydrogen-bond acceptors (Lipinski definition) is 5. The van der Waals surface area contributed by atoms with Crippen molar-refractivity contribution in [1.82, 2.24) is 19.9 Å². The number of carbonyl (C=O) groups excluding carboxylic acids is 1. The number of nitrogens with zero attached hydrogens (tertiary/aromatic N) is 4. The zero-order valence-electron chi connectivity index (χ0n) is 11.6. The Morgan fingerprint density at radius 2 is 2.00 bits per heavy atom. The SMILES string of the molecule is Cc1nc(C)n(-c2nocc2C(=O)Nc2ccccc2)n1. The first kappa shape index (κ1) is 13.0. The van der Waals surface area contributed by atoms with Gasteiger partial charge in [0.1, 0.15) is 23.5 Å². The van der Waals surface area contributed by atoms with Crippen molar-refractivity contribution in [1.29, 1.82) is 0 Å². The lowest BCUT2D eigenvalue weighted by Gasteiger charge is -2.04. The molecule has 7 nitrogen and oxygen atoms in total. The van der Waals surface area contributed by atoms with Crippen molar-refractivity contribution in [3.05, 3.63) is 53.8 Å². The van der Waals surface area contributed by atoms with Gasteiger partial charge in [-0.05, 0) is 26.0 Å². The molecule has 0 atom stereocenters. The molecule has 1 amide bonds. The van der Waals surface area contributed by atoms with Gasteiger partial charge in [0.2, 0.25) is 5.82 Å². The maximum atomic E-state index is 12.3. The van der Waals surface area contributed by atoms with Crippen LogP contribution in [0.1, 0.15) is 22.0 Å². The van der Waals surface area contributed by atoms with Crippen LogP contribution < -0.4 is 5.32 Å². The third-order valence-corrected chi connectivity index (χ3v) is 2.90. The summed E-state index contributed by atoms with van der Waals surface area (Å²) >= 11 is 0. The van der Waals surface area contributed by atoms with Gasteiger partial charge in [-0.25, -0.2) is 4.98 Å². The molecule has 0 aliphatic carbocycles. The molecule has 0 unspecified atom stereocenters. The number of para-hydroxylation sites is 1. The van der Waals surface area contributed by atoms with Gasteiger partial charge in [-0.3, -0.25) is 4.79 Å². The summed E-state index contributed by atoms with van der Waals surface area (Å²) in [7, 11) is 0. The molecule has 0 fully saturated rings. The third kappa shape index (κ3) is 2.53. The van der Waals surface area contributed by atoms with Gasteiger partial charge in [-0.2, -0.15) is 4.68 Å². The van der Waals surface area contributed by atoms with E-state index in [0.29, 0.717) is 28.7 Å². The van der Waals surface area contributed by atoms with E-state index in [1.807, 2.05) is 18.2 Å². The van der Waals surface area contributed by atoms with Gasteiger partial charge in [0.05, 0.1) is 0 Å². The molecule has 0 bridgehead atoms. The molecule has 21 heavy (non-hydrogen) atoms. The van der Waals surface area contributed by atoms with Gasteiger partial charge in [0.25, 0.3) is 5.91 Å². The van der Waals surface area contributed by atoms with Crippen LogP contribution in [0.4, 0.5) is 5.69 Å². The summed E-state index contributed by atoms with van der Waals surface area (Å²) in [4.78, 5) is 16.5. The molecule has 2 aromatic heterocycles. The molecule has 3 aromatic rings. The minimum atomic E-state index is -0.315. The molecule has 2 heterocycles. The maximum absolute atomic E-state index is 12.3. The van der Waals surface area contributed by atoms with Crippen LogP contribution in [-0.2, 0) is 0 Å². The summed E-state index contributed by atoms with van der Waals surface area (Å²) in [6.07, 6.45) is 1.30. The fraction of sp³-hybridized carbons (Fsp3) is 0.143. The zero-order valence-corrected chi connectivity index (χ0v) is 11.6. The van der Waals surface area contributed by atoms with Gasteiger partial charge in [-0.1, -0.05) is 23.4 Å². The van der Waals surface area contributed by atoms with E-state index in [1.54, 1.807) is 26.0 Å². The summed E-state index contributed by atoms with van der Waals surface area (Å²) in [5.41, 5.74) is 0.994. The molecule has 0 saturated carbocycles. The lowest BCUT2D eigenvalue weighted by atomic mass is 10.2. The second-order valence-corrected chi connectivity index (χ2v) is 4.49. The lowest BCUT2D eigenvalue weighted by molar-refractivity contribution is 0.102. The van der Waals surface area contributed by atoms with Crippen LogP contribution in [-0.4, -0.2) is 25.8 Å². The molecule has 0 spiro atoms. The highest BCUT2D eigenvalue weighted by atomic mass is 16.5. The third-order valence-electron chi connectivity index (χ3n) is 2.90. The van der Waals surface area contributed by atoms with Crippen LogP contribution >= 0.6 is 0 Å². The minimum Gasteiger partial charge on any atom is -0.362 e. The Hall–Kier alpha value is -2.96. The highest BCUT2D eigenvalue weighted by Gasteiger charge is 2.20. The number of amides is 1. The molecular formula is C14H13N5O2. The van der Waals surface area contributed by atoms with Crippen LogP contribution in [0.25, 0.3) is 5.82 Å². The molecule has 1 N–H and O–H groups in total. The summed E-state index contributed by atoms with van der Waals surface area (Å²) in [6, 6.07) is 9.16. The number of hydrogen-bond donors (Lipinski definition) is 1. The Kier molecular flexibility index (Phi) is 3.23. The summed E-state index contributed by atoms with van der Waals surface area (Å²) in [5, 5.41) is 10.8. The highest BCUT2D eigenvalue weighted by molar-refractivity contribution is 6.06. The van der Waals surface area contributed by atoms with Crippen LogP contribution in [0, 0.1) is 13.8 Å². The summed E-state index contributed by atoms with van der Waals surface area (Å²) < 4.78 is 6.41. The van der Waals surface area contributed by atoms with Crippen molar-refractivity contribution in [2.24, 2.45) is 0 Å². The van der Waals surface area contributed by atoms with Crippen LogP contribution in [0.2, 0.25) is 0 Å². The van der Waals surface area contributed by atoms with E-state index >= 15 is 0 Å². The van der Waals surface area contributed by atoms with Crippen LogP contribution in [0.15, 0.2) is 41.1 Å². The van der Waals surface area contributed by atoms with E-state index in [2.05, 4.69) is 20.6 Å². The molecule has 0 radical (unpaired) electrons. The average Bonchev–Trinajstić information content (AvgIpc) is 3.06. The molecule has 7 heteroatoms. The fourth-order valence-electron chi connectivity index (χ4n) is 1.98. The summed E-state index contributed by atoms with van der Waals surface area (Å²) in [5.74, 6) is 1.24. The van der Waals surface area contributed by atoms with E-state index in [0.717, 1.165) is 0 Å². The molecule has 106 valence electrons. The number of rotatable bonds is 3. The number of benzene rings is 1. The Bertz CT molecular complexity index is 776. The van der Waals surface area contributed by atoms with Gasteiger partial charge in [0.15, 0.2) is 0 Å². The molecule has 3 rings (SSSR count). The van der Waals surface area contributed by atoms with Crippen molar-refractivity contribution in [3.63, 3.8) is 0 Å². The monoisotopic (exact) mass is 283 g/mol.